The van der Waals surface area contributed by atoms with Crippen LogP contribution in [-0.4, -0.2) is 82.4 Å². The molecule has 4 aliphatic heterocycles. The van der Waals surface area contributed by atoms with E-state index >= 15 is 0 Å². The molecule has 7 rings (SSSR count). The fourth-order valence-electron chi connectivity index (χ4n) is 7.53. The van der Waals surface area contributed by atoms with Crippen molar-refractivity contribution in [1.29, 1.82) is 0 Å². The second-order valence-corrected chi connectivity index (χ2v) is 11.6. The minimum absolute atomic E-state index is 0.0517. The molecule has 3 unspecified atom stereocenters. The molecular formula is C30H40N6O2. The number of fused-ring (bicyclic) bond motifs is 2. The van der Waals surface area contributed by atoms with Gasteiger partial charge in [0, 0.05) is 45.0 Å². The summed E-state index contributed by atoms with van der Waals surface area (Å²) < 4.78 is 15.1. The van der Waals surface area contributed by atoms with Crippen LogP contribution in [0.15, 0.2) is 42.9 Å². The van der Waals surface area contributed by atoms with Gasteiger partial charge < -0.3 is 24.3 Å². The average molecular weight is 517 g/mol. The fraction of sp³-hybridized carbons (Fsp3) is 0.600. The van der Waals surface area contributed by atoms with Crippen molar-refractivity contribution in [3.63, 3.8) is 0 Å². The molecule has 1 aromatic carbocycles. The summed E-state index contributed by atoms with van der Waals surface area (Å²) in [6.07, 6.45) is 12.6. The quantitative estimate of drug-likeness (QED) is 0.521. The van der Waals surface area contributed by atoms with Crippen molar-refractivity contribution in [3.8, 4) is 0 Å². The molecule has 3 saturated heterocycles. The molecule has 1 N–H and O–H groups in total. The maximum Gasteiger partial charge on any atom is 0.147 e. The number of hydrogen-bond acceptors (Lipinski definition) is 7. The highest BCUT2D eigenvalue weighted by atomic mass is 16.5. The van der Waals surface area contributed by atoms with E-state index in [0.717, 1.165) is 68.9 Å². The second-order valence-electron chi connectivity index (χ2n) is 11.6. The lowest BCUT2D eigenvalue weighted by atomic mass is 9.84. The smallest absolute Gasteiger partial charge is 0.147 e. The largest absolute Gasteiger partial charge is 0.372 e. The lowest BCUT2D eigenvalue weighted by Crippen LogP contribution is -2.54. The van der Waals surface area contributed by atoms with Gasteiger partial charge in [-0.25, -0.2) is 9.97 Å². The number of likely N-dealkylation sites (tertiary alicyclic amines) is 2. The summed E-state index contributed by atoms with van der Waals surface area (Å²) in [5, 5.41) is 4.22. The van der Waals surface area contributed by atoms with Crippen LogP contribution in [-0.2, 0) is 15.9 Å². The summed E-state index contributed by atoms with van der Waals surface area (Å²) >= 11 is 0. The molecule has 0 amide bonds. The van der Waals surface area contributed by atoms with E-state index in [1.54, 1.807) is 6.33 Å². The van der Waals surface area contributed by atoms with Crippen molar-refractivity contribution in [1.82, 2.24) is 24.3 Å². The molecule has 202 valence electrons. The predicted octanol–water partition coefficient (Wildman–Crippen LogP) is 4.40. The molecule has 0 bridgehead atoms. The number of rotatable bonds is 6. The summed E-state index contributed by atoms with van der Waals surface area (Å²) in [7, 11) is 1.90. The Balaban J connectivity index is 0.968. The van der Waals surface area contributed by atoms with Gasteiger partial charge in [0.2, 0.25) is 0 Å². The third-order valence-corrected chi connectivity index (χ3v) is 9.61. The van der Waals surface area contributed by atoms with Crippen molar-refractivity contribution >= 4 is 16.9 Å². The van der Waals surface area contributed by atoms with E-state index in [9.17, 15) is 0 Å². The summed E-state index contributed by atoms with van der Waals surface area (Å²) in [5.41, 5.74) is 4.17. The van der Waals surface area contributed by atoms with Crippen LogP contribution >= 0.6 is 0 Å². The van der Waals surface area contributed by atoms with Crippen LogP contribution in [0.1, 0.15) is 62.0 Å². The van der Waals surface area contributed by atoms with Gasteiger partial charge >= 0.3 is 0 Å². The third kappa shape index (κ3) is 4.41. The number of nitrogens with one attached hydrogen (secondary N) is 1. The first-order chi connectivity index (χ1) is 18.7. The first kappa shape index (κ1) is 24.5. The Hall–Kier alpha value is -2.52. The maximum atomic E-state index is 6.65. The molecule has 6 heterocycles. The number of benzene rings is 1. The number of hydrogen-bond donors (Lipinski definition) is 1. The van der Waals surface area contributed by atoms with Gasteiger partial charge in [0.25, 0.3) is 0 Å². The molecule has 38 heavy (non-hydrogen) atoms. The number of piperidine rings is 1. The van der Waals surface area contributed by atoms with E-state index < -0.39 is 0 Å². The highest BCUT2D eigenvalue weighted by Gasteiger charge is 2.45. The molecule has 8 nitrogen and oxygen atoms in total. The summed E-state index contributed by atoms with van der Waals surface area (Å²) in [5.74, 6) is 0.868. The molecule has 3 atom stereocenters. The van der Waals surface area contributed by atoms with E-state index in [2.05, 4.69) is 66.2 Å². The number of nitrogens with zero attached hydrogens (tertiary/aromatic N) is 5. The molecule has 0 radical (unpaired) electrons. The standard InChI is InChI=1S/C30H40N6O2/c1-31-28-25-9-15-36(29(25)33-21-32-28)27-8-7-23(38-27)19-35-14-4-11-30(35)12-16-34(17-13-30)20-26-24-6-3-2-5-22(24)10-18-37-26/h2-3,5-6,9,15,21,23,26-27H,4,7-8,10-14,16-20H2,1H3,(H,31,32,33). The predicted molar refractivity (Wildman–Crippen MR) is 148 cm³/mol. The second kappa shape index (κ2) is 10.2. The van der Waals surface area contributed by atoms with Gasteiger partial charge in [-0.2, -0.15) is 0 Å². The van der Waals surface area contributed by atoms with Crippen LogP contribution in [0.2, 0.25) is 0 Å². The average Bonchev–Trinajstić information content (AvgIpc) is 3.69. The van der Waals surface area contributed by atoms with Gasteiger partial charge in [0.05, 0.1) is 24.2 Å². The Morgan fingerprint density at radius 3 is 2.82 bits per heavy atom. The third-order valence-electron chi connectivity index (χ3n) is 9.61. The Morgan fingerprint density at radius 2 is 1.92 bits per heavy atom. The lowest BCUT2D eigenvalue weighted by Gasteiger charge is -2.46. The van der Waals surface area contributed by atoms with Crippen LogP contribution in [0.5, 0.6) is 0 Å². The van der Waals surface area contributed by atoms with Gasteiger partial charge in [0.1, 0.15) is 24.0 Å². The van der Waals surface area contributed by atoms with Gasteiger partial charge in [-0.05, 0) is 68.7 Å². The van der Waals surface area contributed by atoms with Gasteiger partial charge in [-0.3, -0.25) is 4.90 Å². The number of anilines is 1. The normalized spacial score (nSPS) is 27.8. The topological polar surface area (TPSA) is 67.7 Å². The van der Waals surface area contributed by atoms with Crippen molar-refractivity contribution in [3.05, 3.63) is 54.0 Å². The van der Waals surface area contributed by atoms with Crippen molar-refractivity contribution < 1.29 is 9.47 Å². The molecule has 8 heteroatoms. The SMILES string of the molecule is CNc1ncnc2c1ccn2C1CCC(CN2CCCC23CCN(CC2OCCc4ccccc42)CC3)O1. The van der Waals surface area contributed by atoms with E-state index in [-0.39, 0.29) is 18.4 Å². The molecule has 0 aliphatic carbocycles. The first-order valence-corrected chi connectivity index (χ1v) is 14.5. The zero-order chi connectivity index (χ0) is 25.5. The Bertz CT molecular complexity index is 1270. The number of aromatic nitrogens is 3. The molecule has 3 aromatic rings. The van der Waals surface area contributed by atoms with Gasteiger partial charge in [-0.1, -0.05) is 24.3 Å². The van der Waals surface area contributed by atoms with Crippen LogP contribution < -0.4 is 5.32 Å². The maximum absolute atomic E-state index is 6.65. The molecule has 0 saturated carbocycles. The van der Waals surface area contributed by atoms with Gasteiger partial charge in [-0.15, -0.1) is 0 Å². The Kier molecular flexibility index (Phi) is 6.60. The zero-order valence-electron chi connectivity index (χ0n) is 22.5. The zero-order valence-corrected chi connectivity index (χ0v) is 22.5. The summed E-state index contributed by atoms with van der Waals surface area (Å²) in [4.78, 5) is 14.4. The van der Waals surface area contributed by atoms with Crippen LogP contribution in [0.4, 0.5) is 5.82 Å². The Morgan fingerprint density at radius 1 is 1.03 bits per heavy atom. The Labute approximate surface area is 225 Å². The molecule has 4 aliphatic rings. The summed E-state index contributed by atoms with van der Waals surface area (Å²) in [6, 6.07) is 10.9. The highest BCUT2D eigenvalue weighted by Crippen LogP contribution is 2.41. The van der Waals surface area contributed by atoms with Crippen molar-refractivity contribution in [2.75, 3.05) is 51.7 Å². The van der Waals surface area contributed by atoms with Crippen LogP contribution in [0.3, 0.4) is 0 Å². The van der Waals surface area contributed by atoms with Crippen LogP contribution in [0.25, 0.3) is 11.0 Å². The minimum atomic E-state index is 0.0517. The van der Waals surface area contributed by atoms with Gasteiger partial charge in [0.15, 0.2) is 0 Å². The van der Waals surface area contributed by atoms with Crippen LogP contribution in [0, 0.1) is 0 Å². The first-order valence-electron chi connectivity index (χ1n) is 14.5. The van der Waals surface area contributed by atoms with Crippen molar-refractivity contribution in [2.24, 2.45) is 0 Å². The van der Waals surface area contributed by atoms with Crippen molar-refractivity contribution in [2.45, 2.75) is 68.9 Å². The van der Waals surface area contributed by atoms with E-state index in [1.165, 1.54) is 43.4 Å². The van der Waals surface area contributed by atoms with E-state index in [1.807, 2.05) is 7.05 Å². The molecular weight excluding hydrogens is 476 g/mol. The highest BCUT2D eigenvalue weighted by molar-refractivity contribution is 5.87. The molecule has 2 aromatic heterocycles. The minimum Gasteiger partial charge on any atom is -0.372 e. The van der Waals surface area contributed by atoms with E-state index in [0.29, 0.717) is 5.54 Å². The molecule has 1 spiro atoms. The number of ether oxygens (including phenoxy) is 2. The summed E-state index contributed by atoms with van der Waals surface area (Å²) in [6.45, 7) is 6.44. The monoisotopic (exact) mass is 516 g/mol. The lowest BCUT2D eigenvalue weighted by molar-refractivity contribution is -0.0398. The van der Waals surface area contributed by atoms with E-state index in [4.69, 9.17) is 9.47 Å². The fourth-order valence-corrected chi connectivity index (χ4v) is 7.53. The molecule has 3 fully saturated rings.